The van der Waals surface area contributed by atoms with Crippen LogP contribution in [0.15, 0.2) is 54.6 Å². The van der Waals surface area contributed by atoms with Gasteiger partial charge in [0.15, 0.2) is 0 Å². The van der Waals surface area contributed by atoms with E-state index < -0.39 is 0 Å². The Morgan fingerprint density at radius 3 is 2.15 bits per heavy atom. The maximum absolute atomic E-state index is 13.0. The molecule has 3 heteroatoms. The number of nitrogens with zero attached hydrogens (tertiary/aromatic N) is 1. The second-order valence-corrected chi connectivity index (χ2v) is 4.80. The molecule has 0 radical (unpaired) electrons. The van der Waals surface area contributed by atoms with E-state index in [-0.39, 0.29) is 11.9 Å². The fourth-order valence-corrected chi connectivity index (χ4v) is 2.26. The summed E-state index contributed by atoms with van der Waals surface area (Å²) in [7, 11) is 3.80. The summed E-state index contributed by atoms with van der Waals surface area (Å²) in [6.45, 7) is 0. The monoisotopic (exact) mass is 269 g/mol. The van der Waals surface area contributed by atoms with Crippen molar-refractivity contribution in [3.63, 3.8) is 0 Å². The van der Waals surface area contributed by atoms with Crippen LogP contribution >= 0.6 is 0 Å². The lowest BCUT2D eigenvalue weighted by Gasteiger charge is -2.25. The predicted molar refractivity (Wildman–Crippen MR) is 78.4 cm³/mol. The molecule has 2 aromatic rings. The van der Waals surface area contributed by atoms with Crippen LogP contribution in [-0.2, 0) is 4.79 Å². The van der Waals surface area contributed by atoms with Gasteiger partial charge in [-0.05, 0) is 37.4 Å². The number of halogens is 1. The standard InChI is InChI=1S/C17H16FNO/c1-19(2)17(14-6-4-3-5-7-14)16(12-20)13-8-10-15(18)11-9-13/h3-11,17H,1-2H3. The quantitative estimate of drug-likeness (QED) is 0.793. The van der Waals surface area contributed by atoms with Gasteiger partial charge in [-0.2, -0.15) is 0 Å². The van der Waals surface area contributed by atoms with Gasteiger partial charge in [-0.1, -0.05) is 42.5 Å². The van der Waals surface area contributed by atoms with Gasteiger partial charge in [0.05, 0.1) is 11.6 Å². The van der Waals surface area contributed by atoms with Crippen molar-refractivity contribution in [3.05, 3.63) is 71.5 Å². The van der Waals surface area contributed by atoms with Crippen molar-refractivity contribution in [2.75, 3.05) is 14.1 Å². The number of carbonyl (C=O) groups excluding carboxylic acids is 1. The highest BCUT2D eigenvalue weighted by atomic mass is 19.1. The molecule has 20 heavy (non-hydrogen) atoms. The average Bonchev–Trinajstić information content (AvgIpc) is 2.46. The van der Waals surface area contributed by atoms with Crippen LogP contribution in [0.3, 0.4) is 0 Å². The second-order valence-electron chi connectivity index (χ2n) is 4.80. The Hall–Kier alpha value is -2.22. The van der Waals surface area contributed by atoms with Crippen LogP contribution in [0.5, 0.6) is 0 Å². The molecule has 2 aromatic carbocycles. The predicted octanol–water partition coefficient (Wildman–Crippen LogP) is 3.34. The van der Waals surface area contributed by atoms with Crippen LogP contribution in [0, 0.1) is 5.82 Å². The maximum atomic E-state index is 13.0. The Bertz CT molecular complexity index is 613. The van der Waals surface area contributed by atoms with E-state index >= 15 is 0 Å². The van der Waals surface area contributed by atoms with Crippen LogP contribution in [0.25, 0.3) is 5.57 Å². The van der Waals surface area contributed by atoms with E-state index in [0.717, 1.165) is 5.56 Å². The summed E-state index contributed by atoms with van der Waals surface area (Å²) in [5.41, 5.74) is 2.19. The molecule has 0 amide bonds. The molecule has 0 aliphatic carbocycles. The highest BCUT2D eigenvalue weighted by Gasteiger charge is 2.21. The molecular formula is C17H16FNO. The summed E-state index contributed by atoms with van der Waals surface area (Å²) in [6.07, 6.45) is 0. The molecule has 0 saturated carbocycles. The van der Waals surface area contributed by atoms with Gasteiger partial charge in [0.25, 0.3) is 0 Å². The molecule has 102 valence electrons. The van der Waals surface area contributed by atoms with Gasteiger partial charge in [0, 0.05) is 0 Å². The lowest BCUT2D eigenvalue weighted by atomic mass is 9.93. The molecule has 0 fully saturated rings. The number of likely N-dealkylation sites (N-methyl/N-ethyl adjacent to an activating group) is 1. The molecule has 0 aliphatic rings. The molecule has 0 N–H and O–H groups in total. The Balaban J connectivity index is 2.47. The van der Waals surface area contributed by atoms with Gasteiger partial charge < -0.3 is 0 Å². The van der Waals surface area contributed by atoms with E-state index in [0.29, 0.717) is 11.1 Å². The number of hydrogen-bond donors (Lipinski definition) is 0. The van der Waals surface area contributed by atoms with Crippen molar-refractivity contribution < 1.29 is 9.18 Å². The number of benzene rings is 2. The molecule has 2 rings (SSSR count). The van der Waals surface area contributed by atoms with Crippen LogP contribution < -0.4 is 0 Å². The van der Waals surface area contributed by atoms with Gasteiger partial charge in [-0.15, -0.1) is 0 Å². The van der Waals surface area contributed by atoms with Crippen LogP contribution in [0.2, 0.25) is 0 Å². The first-order chi connectivity index (χ1) is 9.63. The van der Waals surface area contributed by atoms with Crippen LogP contribution in [-0.4, -0.2) is 24.9 Å². The van der Waals surface area contributed by atoms with Gasteiger partial charge in [0.1, 0.15) is 11.8 Å². The van der Waals surface area contributed by atoms with E-state index in [2.05, 4.69) is 0 Å². The third kappa shape index (κ3) is 3.02. The van der Waals surface area contributed by atoms with E-state index in [9.17, 15) is 9.18 Å². The first-order valence-corrected chi connectivity index (χ1v) is 6.36. The average molecular weight is 269 g/mol. The summed E-state index contributed by atoms with van der Waals surface area (Å²) in [4.78, 5) is 13.4. The van der Waals surface area contributed by atoms with Crippen molar-refractivity contribution in [3.8, 4) is 0 Å². The lowest BCUT2D eigenvalue weighted by molar-refractivity contribution is 0.360. The molecule has 2 nitrogen and oxygen atoms in total. The molecule has 0 aromatic heterocycles. The zero-order chi connectivity index (χ0) is 14.5. The Morgan fingerprint density at radius 2 is 1.65 bits per heavy atom. The fourth-order valence-electron chi connectivity index (χ4n) is 2.26. The van der Waals surface area contributed by atoms with E-state index in [1.54, 1.807) is 12.1 Å². The number of rotatable bonds is 4. The summed E-state index contributed by atoms with van der Waals surface area (Å²) in [5.74, 6) is 1.70. The summed E-state index contributed by atoms with van der Waals surface area (Å²) < 4.78 is 13.0. The van der Waals surface area contributed by atoms with Crippen molar-refractivity contribution in [2.24, 2.45) is 0 Å². The Labute approximate surface area is 118 Å². The summed E-state index contributed by atoms with van der Waals surface area (Å²) in [5, 5.41) is 0. The third-order valence-electron chi connectivity index (χ3n) is 3.17. The first kappa shape index (κ1) is 14.2. The second kappa shape index (κ2) is 6.29. The van der Waals surface area contributed by atoms with E-state index in [4.69, 9.17) is 0 Å². The SMILES string of the molecule is CN(C)C(C(=C=O)c1ccc(F)cc1)c1ccccc1. The van der Waals surface area contributed by atoms with Crippen molar-refractivity contribution in [2.45, 2.75) is 6.04 Å². The van der Waals surface area contributed by atoms with Crippen LogP contribution in [0.1, 0.15) is 17.2 Å². The Kier molecular flexibility index (Phi) is 4.46. The zero-order valence-corrected chi connectivity index (χ0v) is 11.5. The largest absolute Gasteiger partial charge is 0.298 e. The first-order valence-electron chi connectivity index (χ1n) is 6.36. The molecule has 0 spiro atoms. The number of hydrogen-bond acceptors (Lipinski definition) is 2. The fraction of sp³-hybridized carbons (Fsp3) is 0.176. The summed E-state index contributed by atoms with van der Waals surface area (Å²) in [6, 6.07) is 15.4. The molecule has 0 bridgehead atoms. The van der Waals surface area contributed by atoms with Gasteiger partial charge in [0.2, 0.25) is 0 Å². The van der Waals surface area contributed by atoms with Crippen LogP contribution in [0.4, 0.5) is 4.39 Å². The Morgan fingerprint density at radius 1 is 1.05 bits per heavy atom. The smallest absolute Gasteiger partial charge is 0.130 e. The molecule has 0 saturated heterocycles. The van der Waals surface area contributed by atoms with E-state index in [1.807, 2.05) is 55.3 Å². The highest BCUT2D eigenvalue weighted by Crippen LogP contribution is 2.31. The molecule has 1 atom stereocenters. The van der Waals surface area contributed by atoms with Crippen molar-refractivity contribution in [1.29, 1.82) is 0 Å². The van der Waals surface area contributed by atoms with Crippen molar-refractivity contribution >= 4 is 11.5 Å². The minimum Gasteiger partial charge on any atom is -0.298 e. The normalized spacial score (nSPS) is 12.0. The molecule has 0 heterocycles. The highest BCUT2D eigenvalue weighted by molar-refractivity contribution is 5.90. The third-order valence-corrected chi connectivity index (χ3v) is 3.17. The zero-order valence-electron chi connectivity index (χ0n) is 11.5. The van der Waals surface area contributed by atoms with Gasteiger partial charge >= 0.3 is 0 Å². The maximum Gasteiger partial charge on any atom is 0.130 e. The lowest BCUT2D eigenvalue weighted by Crippen LogP contribution is -2.21. The summed E-state index contributed by atoms with van der Waals surface area (Å²) >= 11 is 0. The molecule has 1 unspecified atom stereocenters. The topological polar surface area (TPSA) is 20.3 Å². The minimum absolute atomic E-state index is 0.209. The van der Waals surface area contributed by atoms with Gasteiger partial charge in [-0.25, -0.2) is 9.18 Å². The molecular weight excluding hydrogens is 253 g/mol. The van der Waals surface area contributed by atoms with Crippen molar-refractivity contribution in [1.82, 2.24) is 4.90 Å². The minimum atomic E-state index is -0.319. The molecule has 0 aliphatic heterocycles. The van der Waals surface area contributed by atoms with Gasteiger partial charge in [-0.3, -0.25) is 4.90 Å². The van der Waals surface area contributed by atoms with E-state index in [1.165, 1.54) is 12.1 Å².